The molecular weight excluding hydrogens is 332 g/mol. The van der Waals surface area contributed by atoms with Crippen molar-refractivity contribution in [3.63, 3.8) is 0 Å². The Morgan fingerprint density at radius 3 is 2.62 bits per heavy atom. The van der Waals surface area contributed by atoms with E-state index in [1.807, 2.05) is 31.2 Å². The molecule has 2 amide bonds. The first kappa shape index (κ1) is 17.6. The minimum Gasteiger partial charge on any atom is -0.467 e. The van der Waals surface area contributed by atoms with Gasteiger partial charge >= 0.3 is 6.03 Å². The molecule has 26 heavy (non-hydrogen) atoms. The van der Waals surface area contributed by atoms with Gasteiger partial charge in [-0.3, -0.25) is 0 Å². The van der Waals surface area contributed by atoms with Crippen LogP contribution in [0.15, 0.2) is 71.3 Å². The molecule has 3 rings (SSSR count). The summed E-state index contributed by atoms with van der Waals surface area (Å²) in [5.74, 6) is 1.84. The number of aryl methyl sites for hydroxylation is 1. The highest BCUT2D eigenvalue weighted by molar-refractivity contribution is 5.89. The molecule has 0 aliphatic carbocycles. The van der Waals surface area contributed by atoms with E-state index in [1.165, 1.54) is 6.26 Å². The van der Waals surface area contributed by atoms with Crippen LogP contribution in [0.3, 0.4) is 0 Å². The third-order valence-electron chi connectivity index (χ3n) is 3.67. The van der Waals surface area contributed by atoms with Crippen LogP contribution in [0.5, 0.6) is 11.5 Å². The quantitative estimate of drug-likeness (QED) is 0.620. The number of amides is 2. The molecule has 0 saturated carbocycles. The Balaban J connectivity index is 1.49. The van der Waals surface area contributed by atoms with Crippen molar-refractivity contribution in [1.29, 1.82) is 0 Å². The second kappa shape index (κ2) is 8.22. The zero-order valence-electron chi connectivity index (χ0n) is 14.3. The van der Waals surface area contributed by atoms with Crippen molar-refractivity contribution in [1.82, 2.24) is 5.32 Å². The fourth-order valence-corrected chi connectivity index (χ4v) is 2.37. The van der Waals surface area contributed by atoms with Crippen LogP contribution in [0.2, 0.25) is 0 Å². The van der Waals surface area contributed by atoms with Gasteiger partial charge in [0.15, 0.2) is 0 Å². The number of carbonyl (C=O) groups is 1. The number of rotatable bonds is 6. The van der Waals surface area contributed by atoms with Crippen LogP contribution in [-0.2, 0) is 0 Å². The highest BCUT2D eigenvalue weighted by atomic mass is 16.5. The fraction of sp³-hybridized carbons (Fsp3) is 0.150. The Hall–Kier alpha value is -3.25. The molecule has 1 atom stereocenters. The Kier molecular flexibility index (Phi) is 5.56. The molecule has 1 unspecified atom stereocenters. The van der Waals surface area contributed by atoms with E-state index in [1.54, 1.807) is 36.4 Å². The first-order valence-corrected chi connectivity index (χ1v) is 8.21. The smallest absolute Gasteiger partial charge is 0.319 e. The van der Waals surface area contributed by atoms with Gasteiger partial charge in [0.25, 0.3) is 0 Å². The molecule has 3 aromatic rings. The van der Waals surface area contributed by atoms with Gasteiger partial charge in [-0.25, -0.2) is 4.79 Å². The lowest BCUT2D eigenvalue weighted by Crippen LogP contribution is -2.32. The summed E-state index contributed by atoms with van der Waals surface area (Å²) >= 11 is 0. The maximum absolute atomic E-state index is 11.9. The number of nitrogens with one attached hydrogen (secondary N) is 2. The predicted molar refractivity (Wildman–Crippen MR) is 98.4 cm³/mol. The monoisotopic (exact) mass is 352 g/mol. The lowest BCUT2D eigenvalue weighted by Gasteiger charge is -2.11. The van der Waals surface area contributed by atoms with Gasteiger partial charge in [0, 0.05) is 5.69 Å². The summed E-state index contributed by atoms with van der Waals surface area (Å²) in [4.78, 5) is 11.9. The lowest BCUT2D eigenvalue weighted by molar-refractivity contribution is 0.149. The molecule has 1 aromatic heterocycles. The van der Waals surface area contributed by atoms with Gasteiger partial charge < -0.3 is 24.9 Å². The molecule has 0 aliphatic heterocycles. The van der Waals surface area contributed by atoms with E-state index in [0.717, 1.165) is 11.3 Å². The van der Waals surface area contributed by atoms with Gasteiger partial charge in [-0.2, -0.15) is 0 Å². The molecule has 0 spiro atoms. The van der Waals surface area contributed by atoms with E-state index in [-0.39, 0.29) is 6.54 Å². The summed E-state index contributed by atoms with van der Waals surface area (Å²) in [5.41, 5.74) is 1.74. The highest BCUT2D eigenvalue weighted by Gasteiger charge is 2.11. The van der Waals surface area contributed by atoms with E-state index >= 15 is 0 Å². The summed E-state index contributed by atoms with van der Waals surface area (Å²) < 4.78 is 10.8. The minimum absolute atomic E-state index is 0.0495. The van der Waals surface area contributed by atoms with Crippen molar-refractivity contribution < 1.29 is 19.1 Å². The van der Waals surface area contributed by atoms with E-state index in [9.17, 15) is 9.90 Å². The molecule has 0 saturated heterocycles. The number of aliphatic hydroxyl groups excluding tert-OH is 1. The van der Waals surface area contributed by atoms with Crippen LogP contribution in [0.1, 0.15) is 17.4 Å². The summed E-state index contributed by atoms with van der Waals surface area (Å²) in [5, 5.41) is 15.2. The van der Waals surface area contributed by atoms with Crippen LogP contribution in [-0.4, -0.2) is 17.7 Å². The predicted octanol–water partition coefficient (Wildman–Crippen LogP) is 4.24. The molecule has 6 nitrogen and oxygen atoms in total. The van der Waals surface area contributed by atoms with Gasteiger partial charge in [0.2, 0.25) is 0 Å². The normalized spacial score (nSPS) is 11.6. The van der Waals surface area contributed by atoms with Crippen molar-refractivity contribution in [2.75, 3.05) is 11.9 Å². The van der Waals surface area contributed by atoms with Crippen LogP contribution in [0.25, 0.3) is 0 Å². The largest absolute Gasteiger partial charge is 0.467 e. The number of anilines is 1. The number of carbonyl (C=O) groups excluding carboxylic acids is 1. The second-order valence-corrected chi connectivity index (χ2v) is 5.81. The Morgan fingerprint density at radius 1 is 1.12 bits per heavy atom. The number of hydrogen-bond donors (Lipinski definition) is 3. The van der Waals surface area contributed by atoms with Crippen molar-refractivity contribution in [2.45, 2.75) is 13.0 Å². The molecule has 134 valence electrons. The Morgan fingerprint density at radius 2 is 1.92 bits per heavy atom. The van der Waals surface area contributed by atoms with E-state index in [0.29, 0.717) is 17.2 Å². The number of aliphatic hydroxyl groups is 1. The topological polar surface area (TPSA) is 83.7 Å². The Bertz CT molecular complexity index is 845. The number of ether oxygens (including phenoxy) is 1. The van der Waals surface area contributed by atoms with Crippen LogP contribution in [0, 0.1) is 6.92 Å². The molecule has 2 aromatic carbocycles. The highest BCUT2D eigenvalue weighted by Crippen LogP contribution is 2.23. The van der Waals surface area contributed by atoms with Crippen LogP contribution < -0.4 is 15.4 Å². The third-order valence-corrected chi connectivity index (χ3v) is 3.67. The van der Waals surface area contributed by atoms with Crippen molar-refractivity contribution >= 4 is 11.7 Å². The first-order chi connectivity index (χ1) is 12.6. The van der Waals surface area contributed by atoms with Crippen LogP contribution in [0.4, 0.5) is 10.5 Å². The average Bonchev–Trinajstić information content (AvgIpc) is 3.16. The third kappa shape index (κ3) is 4.87. The van der Waals surface area contributed by atoms with Gasteiger partial charge in [-0.05, 0) is 61.0 Å². The first-order valence-electron chi connectivity index (χ1n) is 8.21. The molecule has 0 fully saturated rings. The van der Waals surface area contributed by atoms with Gasteiger partial charge in [0.1, 0.15) is 23.4 Å². The van der Waals surface area contributed by atoms with E-state index in [4.69, 9.17) is 9.15 Å². The molecule has 0 radical (unpaired) electrons. The molecule has 1 heterocycles. The zero-order chi connectivity index (χ0) is 18.4. The van der Waals surface area contributed by atoms with Gasteiger partial charge in [-0.15, -0.1) is 0 Å². The molecule has 3 N–H and O–H groups in total. The summed E-state index contributed by atoms with van der Waals surface area (Å²) in [6.07, 6.45) is 0.583. The Labute approximate surface area is 151 Å². The summed E-state index contributed by atoms with van der Waals surface area (Å²) in [6.45, 7) is 2.05. The maximum atomic E-state index is 11.9. The van der Waals surface area contributed by atoms with Crippen molar-refractivity contribution in [3.05, 3.63) is 78.3 Å². The lowest BCUT2D eigenvalue weighted by atomic mass is 10.2. The van der Waals surface area contributed by atoms with Gasteiger partial charge in [-0.1, -0.05) is 12.1 Å². The number of furan rings is 1. The summed E-state index contributed by atoms with van der Waals surface area (Å²) in [7, 11) is 0. The second-order valence-electron chi connectivity index (χ2n) is 5.81. The molecule has 0 bridgehead atoms. The zero-order valence-corrected chi connectivity index (χ0v) is 14.3. The molecular formula is C20H20N2O4. The van der Waals surface area contributed by atoms with Crippen molar-refractivity contribution in [3.8, 4) is 11.5 Å². The summed E-state index contributed by atoms with van der Waals surface area (Å²) in [6, 6.07) is 17.7. The number of hydrogen-bond acceptors (Lipinski definition) is 4. The van der Waals surface area contributed by atoms with Crippen LogP contribution >= 0.6 is 0 Å². The number of urea groups is 1. The molecule has 6 heteroatoms. The van der Waals surface area contributed by atoms with E-state index < -0.39 is 12.1 Å². The molecule has 0 aliphatic rings. The fourth-order valence-electron chi connectivity index (χ4n) is 2.37. The number of benzene rings is 2. The van der Waals surface area contributed by atoms with Gasteiger partial charge in [0.05, 0.1) is 12.8 Å². The maximum Gasteiger partial charge on any atom is 0.319 e. The van der Waals surface area contributed by atoms with E-state index in [2.05, 4.69) is 10.6 Å². The standard InChI is InChI=1S/C20H20N2O4/c1-14-4-2-5-17(12-14)26-16-9-7-15(8-10-16)22-20(24)21-13-18(23)19-6-3-11-25-19/h2-12,18,23H,13H2,1H3,(H2,21,22,24). The average molecular weight is 352 g/mol. The van der Waals surface area contributed by atoms with Crippen molar-refractivity contribution in [2.24, 2.45) is 0 Å². The SMILES string of the molecule is Cc1cccc(Oc2ccc(NC(=O)NCC(O)c3ccco3)cc2)c1. The minimum atomic E-state index is -0.888.